The van der Waals surface area contributed by atoms with Gasteiger partial charge in [0.05, 0.1) is 30.5 Å². The van der Waals surface area contributed by atoms with E-state index >= 15 is 0 Å². The Morgan fingerprint density at radius 3 is 2.46 bits per heavy atom. The molecule has 0 fully saturated rings. The van der Waals surface area contributed by atoms with E-state index in [0.717, 1.165) is 17.7 Å². The Kier molecular flexibility index (Phi) is 8.20. The Balaban J connectivity index is 1.48. The van der Waals surface area contributed by atoms with Crippen molar-refractivity contribution in [3.63, 3.8) is 0 Å². The summed E-state index contributed by atoms with van der Waals surface area (Å²) in [6, 6.07) is 11.5. The standard InChI is InChI=1S/C28H27ClN4O4/c1-18-23(27(34)36-3)25(22-7-4-12-31-26(22)29)24(19(2)32-18)28(35)37-15-5-6-20-8-10-21(11-9-20)16-33-14-13-30-17-33/h4-14,17,25,32H,15-16H2,1-3H3. The summed E-state index contributed by atoms with van der Waals surface area (Å²) < 4.78 is 12.6. The molecule has 0 amide bonds. The highest BCUT2D eigenvalue weighted by molar-refractivity contribution is 6.30. The number of imidazole rings is 1. The van der Waals surface area contributed by atoms with Crippen LogP contribution < -0.4 is 5.32 Å². The van der Waals surface area contributed by atoms with Gasteiger partial charge in [-0.1, -0.05) is 48.0 Å². The number of carbonyl (C=O) groups excluding carboxylic acids is 2. The molecule has 9 heteroatoms. The Hall–Kier alpha value is -4.17. The largest absolute Gasteiger partial charge is 0.466 e. The van der Waals surface area contributed by atoms with Gasteiger partial charge in [-0.25, -0.2) is 19.6 Å². The number of dihydropyridines is 1. The molecule has 1 unspecified atom stereocenters. The van der Waals surface area contributed by atoms with E-state index in [4.69, 9.17) is 21.1 Å². The summed E-state index contributed by atoms with van der Waals surface area (Å²) in [5, 5.41) is 3.29. The average Bonchev–Trinajstić information content (AvgIpc) is 3.40. The maximum Gasteiger partial charge on any atom is 0.337 e. The van der Waals surface area contributed by atoms with Crippen molar-refractivity contribution >= 4 is 29.6 Å². The van der Waals surface area contributed by atoms with Gasteiger partial charge in [0, 0.05) is 42.1 Å². The molecule has 1 aliphatic rings. The topological polar surface area (TPSA) is 95.3 Å². The van der Waals surface area contributed by atoms with Crippen LogP contribution in [0.15, 0.2) is 89.9 Å². The second-order valence-electron chi connectivity index (χ2n) is 8.49. The highest BCUT2D eigenvalue weighted by Gasteiger charge is 2.38. The Labute approximate surface area is 220 Å². The number of ether oxygens (including phenoxy) is 2. The van der Waals surface area contributed by atoms with Crippen molar-refractivity contribution in [2.45, 2.75) is 26.3 Å². The number of carbonyl (C=O) groups is 2. The van der Waals surface area contributed by atoms with E-state index in [9.17, 15) is 9.59 Å². The Morgan fingerprint density at radius 1 is 1.08 bits per heavy atom. The van der Waals surface area contributed by atoms with Crippen LogP contribution in [-0.2, 0) is 25.6 Å². The van der Waals surface area contributed by atoms with Crippen LogP contribution in [0.5, 0.6) is 0 Å². The fourth-order valence-corrected chi connectivity index (χ4v) is 4.51. The Morgan fingerprint density at radius 2 is 1.81 bits per heavy atom. The molecular weight excluding hydrogens is 492 g/mol. The number of esters is 2. The molecule has 1 N–H and O–H groups in total. The Bertz CT molecular complexity index is 1380. The molecule has 0 bridgehead atoms. The van der Waals surface area contributed by atoms with Crippen molar-refractivity contribution in [2.75, 3.05) is 13.7 Å². The zero-order valence-electron chi connectivity index (χ0n) is 20.8. The SMILES string of the molecule is COC(=O)C1=C(C)NC(C)=C(C(=O)OCC=Cc2ccc(Cn3ccnc3)cc2)C1c1cccnc1Cl. The van der Waals surface area contributed by atoms with Gasteiger partial charge in [0.2, 0.25) is 0 Å². The number of hydrogen-bond acceptors (Lipinski definition) is 7. The lowest BCUT2D eigenvalue weighted by Gasteiger charge is -2.30. The number of benzene rings is 1. The highest BCUT2D eigenvalue weighted by Crippen LogP contribution is 2.41. The van der Waals surface area contributed by atoms with Gasteiger partial charge in [-0.2, -0.15) is 0 Å². The number of pyridine rings is 1. The first-order valence-corrected chi connectivity index (χ1v) is 12.0. The van der Waals surface area contributed by atoms with Crippen LogP contribution in [0.2, 0.25) is 5.15 Å². The molecule has 2 aromatic heterocycles. The minimum Gasteiger partial charge on any atom is -0.466 e. The van der Waals surface area contributed by atoms with E-state index in [-0.39, 0.29) is 22.9 Å². The molecular formula is C28H27ClN4O4. The fourth-order valence-electron chi connectivity index (χ4n) is 4.28. The number of nitrogens with zero attached hydrogens (tertiary/aromatic N) is 3. The number of allylic oxidation sites excluding steroid dienone is 2. The quantitative estimate of drug-likeness (QED) is 0.342. The van der Waals surface area contributed by atoms with Crippen LogP contribution in [0, 0.1) is 0 Å². The molecule has 8 nitrogen and oxygen atoms in total. The summed E-state index contributed by atoms with van der Waals surface area (Å²) in [7, 11) is 1.29. The van der Waals surface area contributed by atoms with Crippen molar-refractivity contribution in [2.24, 2.45) is 0 Å². The lowest BCUT2D eigenvalue weighted by molar-refractivity contribution is -0.138. The van der Waals surface area contributed by atoms with Crippen LogP contribution in [0.3, 0.4) is 0 Å². The van der Waals surface area contributed by atoms with E-state index in [1.165, 1.54) is 7.11 Å². The monoisotopic (exact) mass is 518 g/mol. The maximum absolute atomic E-state index is 13.3. The first kappa shape index (κ1) is 25.9. The normalized spacial score (nSPS) is 15.6. The third kappa shape index (κ3) is 5.98. The van der Waals surface area contributed by atoms with E-state index in [0.29, 0.717) is 17.0 Å². The predicted molar refractivity (Wildman–Crippen MR) is 140 cm³/mol. The number of rotatable bonds is 8. The number of aromatic nitrogens is 3. The zero-order valence-corrected chi connectivity index (χ0v) is 21.5. The molecule has 4 rings (SSSR count). The van der Waals surface area contributed by atoms with Gasteiger partial charge in [-0.3, -0.25) is 0 Å². The summed E-state index contributed by atoms with van der Waals surface area (Å²) in [5.74, 6) is -1.91. The molecule has 0 saturated carbocycles. The number of nitrogens with one attached hydrogen (secondary N) is 1. The van der Waals surface area contributed by atoms with Crippen LogP contribution in [-0.4, -0.2) is 40.2 Å². The average molecular weight is 519 g/mol. The smallest absolute Gasteiger partial charge is 0.337 e. The predicted octanol–water partition coefficient (Wildman–Crippen LogP) is 4.64. The third-order valence-electron chi connectivity index (χ3n) is 6.01. The second kappa shape index (κ2) is 11.7. The van der Waals surface area contributed by atoms with Crippen LogP contribution in [0.4, 0.5) is 0 Å². The van der Waals surface area contributed by atoms with Crippen molar-refractivity contribution in [1.29, 1.82) is 0 Å². The van der Waals surface area contributed by atoms with E-state index in [2.05, 4.69) is 15.3 Å². The van der Waals surface area contributed by atoms with Crippen molar-refractivity contribution in [1.82, 2.24) is 19.9 Å². The van der Waals surface area contributed by atoms with Gasteiger partial charge in [0.25, 0.3) is 0 Å². The third-order valence-corrected chi connectivity index (χ3v) is 6.33. The van der Waals surface area contributed by atoms with Gasteiger partial charge in [-0.15, -0.1) is 0 Å². The van der Waals surface area contributed by atoms with Crippen molar-refractivity contribution in [3.8, 4) is 0 Å². The van der Waals surface area contributed by atoms with Crippen molar-refractivity contribution < 1.29 is 19.1 Å². The minimum atomic E-state index is -0.783. The van der Waals surface area contributed by atoms with E-state index < -0.39 is 17.9 Å². The van der Waals surface area contributed by atoms with Crippen LogP contribution in [0.1, 0.15) is 36.5 Å². The fraction of sp³-hybridized carbons (Fsp3) is 0.214. The summed E-state index contributed by atoms with van der Waals surface area (Å²) >= 11 is 6.38. The maximum atomic E-state index is 13.3. The molecule has 190 valence electrons. The van der Waals surface area contributed by atoms with E-state index in [1.807, 2.05) is 41.1 Å². The van der Waals surface area contributed by atoms with Crippen LogP contribution >= 0.6 is 11.6 Å². The van der Waals surface area contributed by atoms with Gasteiger partial charge in [0.15, 0.2) is 0 Å². The van der Waals surface area contributed by atoms with Gasteiger partial charge >= 0.3 is 11.9 Å². The summed E-state index contributed by atoms with van der Waals surface area (Å²) in [4.78, 5) is 34.2. The molecule has 0 spiro atoms. The number of halogens is 1. The summed E-state index contributed by atoms with van der Waals surface area (Å²) in [6.07, 6.45) is 10.6. The molecule has 1 aromatic carbocycles. The first-order valence-electron chi connectivity index (χ1n) is 11.6. The lowest BCUT2D eigenvalue weighted by Crippen LogP contribution is -2.32. The molecule has 3 aromatic rings. The highest BCUT2D eigenvalue weighted by atomic mass is 35.5. The van der Waals surface area contributed by atoms with Gasteiger partial charge < -0.3 is 19.4 Å². The molecule has 37 heavy (non-hydrogen) atoms. The van der Waals surface area contributed by atoms with Crippen LogP contribution in [0.25, 0.3) is 6.08 Å². The molecule has 3 heterocycles. The second-order valence-corrected chi connectivity index (χ2v) is 8.85. The molecule has 0 radical (unpaired) electrons. The molecule has 0 saturated heterocycles. The number of methoxy groups -OCH3 is 1. The summed E-state index contributed by atoms with van der Waals surface area (Å²) in [5.41, 5.74) is 4.34. The van der Waals surface area contributed by atoms with Gasteiger partial charge in [0.1, 0.15) is 11.8 Å². The van der Waals surface area contributed by atoms with Crippen molar-refractivity contribution in [3.05, 3.63) is 112 Å². The lowest BCUT2D eigenvalue weighted by atomic mass is 9.81. The van der Waals surface area contributed by atoms with E-state index in [1.54, 1.807) is 50.8 Å². The first-order chi connectivity index (χ1) is 17.9. The molecule has 1 aliphatic heterocycles. The molecule has 1 atom stereocenters. The molecule has 0 aliphatic carbocycles. The summed E-state index contributed by atoms with van der Waals surface area (Å²) in [6.45, 7) is 4.30. The van der Waals surface area contributed by atoms with Gasteiger partial charge in [-0.05, 0) is 37.1 Å². The minimum absolute atomic E-state index is 0.0517. The zero-order chi connectivity index (χ0) is 26.4. The number of hydrogen-bond donors (Lipinski definition) is 1.